The summed E-state index contributed by atoms with van der Waals surface area (Å²) in [5, 5.41) is 0. The number of nitrogens with zero attached hydrogens (tertiary/aromatic N) is 2. The number of ether oxygens (including phenoxy) is 1. The number of aromatic nitrogens is 2. The summed E-state index contributed by atoms with van der Waals surface area (Å²) in [6, 6.07) is 6.78. The summed E-state index contributed by atoms with van der Waals surface area (Å²) in [6.07, 6.45) is 2.54. The van der Waals surface area contributed by atoms with E-state index >= 15 is 0 Å². The lowest BCUT2D eigenvalue weighted by Gasteiger charge is -2.05. The van der Waals surface area contributed by atoms with Crippen molar-refractivity contribution in [1.82, 2.24) is 9.38 Å². The van der Waals surface area contributed by atoms with E-state index in [-0.39, 0.29) is 18.1 Å². The van der Waals surface area contributed by atoms with E-state index in [4.69, 9.17) is 4.74 Å². The lowest BCUT2D eigenvalue weighted by molar-refractivity contribution is 0.0473. The summed E-state index contributed by atoms with van der Waals surface area (Å²) in [5.41, 5.74) is 1.88. The predicted octanol–water partition coefficient (Wildman–Crippen LogP) is 3.75. The van der Waals surface area contributed by atoms with Crippen LogP contribution in [0.4, 0.5) is 0 Å². The first-order valence-electron chi connectivity index (χ1n) is 7.42. The minimum atomic E-state index is -0.388. The van der Waals surface area contributed by atoms with Crippen LogP contribution >= 0.6 is 27.3 Å². The monoisotopic (exact) mass is 406 g/mol. The number of rotatable bonds is 4. The molecule has 0 aliphatic carbocycles. The Kier molecular flexibility index (Phi) is 4.82. The highest BCUT2D eigenvalue weighted by molar-refractivity contribution is 9.10. The molecule has 5 nitrogen and oxygen atoms in total. The Morgan fingerprint density at radius 3 is 2.88 bits per heavy atom. The van der Waals surface area contributed by atoms with Gasteiger partial charge >= 0.3 is 5.97 Å². The van der Waals surface area contributed by atoms with Crippen LogP contribution in [0.2, 0.25) is 0 Å². The van der Waals surface area contributed by atoms with Crippen LogP contribution in [-0.4, -0.2) is 15.4 Å². The van der Waals surface area contributed by atoms with Crippen LogP contribution in [0.1, 0.15) is 32.7 Å². The first-order chi connectivity index (χ1) is 11.5. The predicted molar refractivity (Wildman–Crippen MR) is 96.7 cm³/mol. The Bertz CT molecular complexity index is 978. The van der Waals surface area contributed by atoms with Crippen LogP contribution in [0.15, 0.2) is 39.7 Å². The summed E-state index contributed by atoms with van der Waals surface area (Å²) >= 11 is 4.74. The summed E-state index contributed by atoms with van der Waals surface area (Å²) in [6.45, 7) is 4.01. The molecule has 0 unspecified atom stereocenters. The summed E-state index contributed by atoms with van der Waals surface area (Å²) < 4.78 is 7.53. The molecule has 0 radical (unpaired) electrons. The fourth-order valence-electron chi connectivity index (χ4n) is 2.38. The highest BCUT2D eigenvalue weighted by atomic mass is 79.9. The second kappa shape index (κ2) is 6.86. The highest BCUT2D eigenvalue weighted by Crippen LogP contribution is 2.23. The van der Waals surface area contributed by atoms with Gasteiger partial charge < -0.3 is 4.74 Å². The van der Waals surface area contributed by atoms with E-state index in [1.807, 2.05) is 13.0 Å². The number of thiophene rings is 1. The van der Waals surface area contributed by atoms with Gasteiger partial charge in [-0.3, -0.25) is 9.20 Å². The van der Waals surface area contributed by atoms with Gasteiger partial charge in [-0.2, -0.15) is 0 Å². The normalized spacial score (nSPS) is 11.0. The molecule has 0 fully saturated rings. The Balaban J connectivity index is 1.79. The molecule has 124 valence electrons. The third-order valence-corrected chi connectivity index (χ3v) is 5.17. The van der Waals surface area contributed by atoms with Gasteiger partial charge in [0.15, 0.2) is 0 Å². The fraction of sp³-hybridized carbons (Fsp3) is 0.235. The zero-order chi connectivity index (χ0) is 17.3. The smallest absolute Gasteiger partial charge is 0.348 e. The van der Waals surface area contributed by atoms with Crippen molar-refractivity contribution in [3.8, 4) is 0 Å². The minimum Gasteiger partial charge on any atom is -0.455 e. The van der Waals surface area contributed by atoms with Gasteiger partial charge in [0.05, 0.1) is 5.69 Å². The Morgan fingerprint density at radius 2 is 2.17 bits per heavy atom. The van der Waals surface area contributed by atoms with Gasteiger partial charge in [-0.1, -0.05) is 6.92 Å². The second-order valence-corrected chi connectivity index (χ2v) is 7.45. The molecule has 3 heterocycles. The standard InChI is InChI=1S/C17H15BrN2O3S/c1-3-11-6-14(24-10(11)2)17(22)23-9-13-7-16(21)20-8-12(18)4-5-15(20)19-13/h4-8H,3,9H2,1-2H3. The van der Waals surface area contributed by atoms with Crippen molar-refractivity contribution in [1.29, 1.82) is 0 Å². The molecule has 0 spiro atoms. The SMILES string of the molecule is CCc1cc(C(=O)OCc2cc(=O)n3cc(Br)ccc3n2)sc1C. The lowest BCUT2D eigenvalue weighted by atomic mass is 10.2. The molecule has 3 aromatic rings. The topological polar surface area (TPSA) is 60.7 Å². The molecule has 0 saturated carbocycles. The quantitative estimate of drug-likeness (QED) is 0.619. The van der Waals surface area contributed by atoms with Gasteiger partial charge in [-0.25, -0.2) is 9.78 Å². The van der Waals surface area contributed by atoms with Gasteiger partial charge in [0.1, 0.15) is 17.1 Å². The number of carbonyl (C=O) groups excluding carboxylic acids is 1. The maximum atomic E-state index is 12.2. The molecule has 3 aromatic heterocycles. The van der Waals surface area contributed by atoms with E-state index in [9.17, 15) is 9.59 Å². The summed E-state index contributed by atoms with van der Waals surface area (Å²) in [5.74, 6) is -0.388. The van der Waals surface area contributed by atoms with Crippen molar-refractivity contribution < 1.29 is 9.53 Å². The lowest BCUT2D eigenvalue weighted by Crippen LogP contribution is -2.16. The highest BCUT2D eigenvalue weighted by Gasteiger charge is 2.14. The maximum absolute atomic E-state index is 12.2. The average molecular weight is 407 g/mol. The number of fused-ring (bicyclic) bond motifs is 1. The molecular formula is C17H15BrN2O3S. The second-order valence-electron chi connectivity index (χ2n) is 5.28. The number of esters is 1. The summed E-state index contributed by atoms with van der Waals surface area (Å²) in [7, 11) is 0. The fourth-order valence-corrected chi connectivity index (χ4v) is 3.73. The zero-order valence-electron chi connectivity index (χ0n) is 13.2. The molecular weight excluding hydrogens is 392 g/mol. The third-order valence-electron chi connectivity index (χ3n) is 3.63. The van der Waals surface area contributed by atoms with Gasteiger partial charge in [0.25, 0.3) is 5.56 Å². The van der Waals surface area contributed by atoms with Crippen molar-refractivity contribution >= 4 is 38.9 Å². The third kappa shape index (κ3) is 3.42. The van der Waals surface area contributed by atoms with E-state index < -0.39 is 0 Å². The molecule has 0 bridgehead atoms. The van der Waals surface area contributed by atoms with E-state index in [0.717, 1.165) is 21.3 Å². The van der Waals surface area contributed by atoms with Crippen LogP contribution < -0.4 is 5.56 Å². The number of aryl methyl sites for hydroxylation is 2. The molecule has 7 heteroatoms. The van der Waals surface area contributed by atoms with E-state index in [2.05, 4.69) is 27.8 Å². The van der Waals surface area contributed by atoms with Crippen molar-refractivity contribution in [3.63, 3.8) is 0 Å². The molecule has 24 heavy (non-hydrogen) atoms. The van der Waals surface area contributed by atoms with Crippen molar-refractivity contribution in [3.05, 3.63) is 66.3 Å². The van der Waals surface area contributed by atoms with Crippen molar-refractivity contribution in [2.45, 2.75) is 26.9 Å². The minimum absolute atomic E-state index is 0.0287. The number of hydrogen-bond donors (Lipinski definition) is 0. The molecule has 0 atom stereocenters. The van der Waals surface area contributed by atoms with E-state index in [0.29, 0.717) is 16.2 Å². The zero-order valence-corrected chi connectivity index (χ0v) is 15.6. The van der Waals surface area contributed by atoms with Gasteiger partial charge in [0, 0.05) is 21.6 Å². The van der Waals surface area contributed by atoms with Crippen LogP contribution in [-0.2, 0) is 17.8 Å². The first-order valence-corrected chi connectivity index (χ1v) is 9.03. The number of halogens is 1. The molecule has 0 saturated heterocycles. The summed E-state index contributed by atoms with van der Waals surface area (Å²) in [4.78, 5) is 30.3. The van der Waals surface area contributed by atoms with Gasteiger partial charge in [-0.15, -0.1) is 11.3 Å². The molecule has 3 rings (SSSR count). The van der Waals surface area contributed by atoms with Crippen LogP contribution in [0, 0.1) is 6.92 Å². The Hall–Kier alpha value is -1.99. The van der Waals surface area contributed by atoms with Crippen molar-refractivity contribution in [2.24, 2.45) is 0 Å². The molecule has 0 aliphatic heterocycles. The molecule has 0 aromatic carbocycles. The number of carbonyl (C=O) groups is 1. The van der Waals surface area contributed by atoms with E-state index in [1.165, 1.54) is 21.8 Å². The van der Waals surface area contributed by atoms with Crippen molar-refractivity contribution in [2.75, 3.05) is 0 Å². The Morgan fingerprint density at radius 1 is 1.38 bits per heavy atom. The van der Waals surface area contributed by atoms with E-state index in [1.54, 1.807) is 18.3 Å². The number of pyridine rings is 1. The van der Waals surface area contributed by atoms with Gasteiger partial charge in [0.2, 0.25) is 0 Å². The Labute approximate surface area is 151 Å². The van der Waals surface area contributed by atoms with Crippen LogP contribution in [0.5, 0.6) is 0 Å². The largest absolute Gasteiger partial charge is 0.455 e. The first kappa shape index (κ1) is 16.9. The van der Waals surface area contributed by atoms with Crippen LogP contribution in [0.3, 0.4) is 0 Å². The maximum Gasteiger partial charge on any atom is 0.348 e. The average Bonchev–Trinajstić information content (AvgIpc) is 2.94. The molecule has 0 N–H and O–H groups in total. The van der Waals surface area contributed by atoms with Gasteiger partial charge in [-0.05, 0) is 53.0 Å². The number of hydrogen-bond acceptors (Lipinski definition) is 5. The van der Waals surface area contributed by atoms with Crippen LogP contribution in [0.25, 0.3) is 5.65 Å². The molecule has 0 aliphatic rings. The molecule has 0 amide bonds.